The highest BCUT2D eigenvalue weighted by Crippen LogP contribution is 2.54. The molecule has 0 fully saturated rings. The molecule has 3 heterocycles. The number of benzene rings is 13. The molecule has 1 aromatic heterocycles. The molecule has 5 nitrogen and oxygen atoms in total. The summed E-state index contributed by atoms with van der Waals surface area (Å²) < 4.78 is 77.7. The first-order valence-corrected chi connectivity index (χ1v) is 28.5. The Balaban J connectivity index is 1.15. The summed E-state index contributed by atoms with van der Waals surface area (Å²) >= 11 is 0. The molecule has 398 valence electrons. The molecular weight excluding hydrogens is 1040 g/mol. The first kappa shape index (κ1) is 42.2. The zero-order valence-electron chi connectivity index (χ0n) is 54.1. The summed E-state index contributed by atoms with van der Waals surface area (Å²) in [5.74, 6) is 0. The largest absolute Gasteiger partial charge is 0.310 e. The molecule has 14 aromatic rings. The third kappa shape index (κ3) is 8.16. The van der Waals surface area contributed by atoms with Gasteiger partial charge in [-0.3, -0.25) is 0 Å². The van der Waals surface area contributed by atoms with Gasteiger partial charge in [0.05, 0.1) is 57.3 Å². The Bertz CT molecular complexity index is 5140. The minimum Gasteiger partial charge on any atom is -0.310 e. The number of hydrogen-bond donors (Lipinski definition) is 0. The lowest BCUT2D eigenvalue weighted by Gasteiger charge is -2.46. The quantitative estimate of drug-likeness (QED) is 0.107. The van der Waals surface area contributed by atoms with Gasteiger partial charge in [0.25, 0.3) is 6.71 Å². The van der Waals surface area contributed by atoms with Gasteiger partial charge in [-0.25, -0.2) is 4.85 Å². The van der Waals surface area contributed by atoms with Crippen molar-refractivity contribution in [3.63, 3.8) is 0 Å². The maximum absolute atomic E-state index is 10.4. The molecule has 0 radical (unpaired) electrons. The molecule has 0 unspecified atom stereocenters. The fraction of sp³-hybridized carbons (Fsp3) is 0. The van der Waals surface area contributed by atoms with Gasteiger partial charge in [-0.05, 0) is 115 Å². The van der Waals surface area contributed by atoms with Crippen LogP contribution in [0.5, 0.6) is 0 Å². The van der Waals surface area contributed by atoms with E-state index >= 15 is 0 Å². The summed E-state index contributed by atoms with van der Waals surface area (Å²) in [5.41, 5.74) is 19.3. The predicted molar refractivity (Wildman–Crippen MR) is 358 cm³/mol. The molecule has 2 aliphatic heterocycles. The number of anilines is 6. The Labute approximate surface area is 511 Å². The number of aromatic nitrogens is 1. The zero-order valence-corrected chi connectivity index (χ0v) is 46.1. The van der Waals surface area contributed by atoms with Crippen molar-refractivity contribution in [1.82, 2.24) is 4.57 Å². The standard InChI is InChI=1S/C80H50BN5/c1-83-62-33-19-32-59(47-62)61-43-45-71-75(49-61)86(80-66(56-27-10-4-11-28-56)38-21-39-67(80)57-29-12-5-13-30-57)77-51-63(84-72-40-16-14-34-68(72)69-35-15-17-41-73(69)84)50-76-78(77)81(71)70-44-42-60(58-31-18-22-53(46-58)52-82)48-74(70)85(76)79-64(54-23-6-2-7-24-54)36-20-37-65(79)55-25-8-3-9-26-55/h2-51H/i14D,15D,16D,17D,34D,35D,40D,41D. The number of fused-ring (bicyclic) bond motifs is 7. The topological polar surface area (TPSA) is 39.6 Å². The lowest BCUT2D eigenvalue weighted by molar-refractivity contribution is 1.16. The van der Waals surface area contributed by atoms with E-state index < -0.39 is 55.1 Å². The van der Waals surface area contributed by atoms with E-state index in [0.717, 1.165) is 106 Å². The van der Waals surface area contributed by atoms with Gasteiger partial charge in [0.2, 0.25) is 0 Å². The number of para-hydroxylation sites is 4. The van der Waals surface area contributed by atoms with E-state index in [4.69, 9.17) is 9.31 Å². The highest BCUT2D eigenvalue weighted by atomic mass is 15.2. The fourth-order valence-electron chi connectivity index (χ4n) is 13.1. The van der Waals surface area contributed by atoms with Gasteiger partial charge < -0.3 is 14.4 Å². The summed E-state index contributed by atoms with van der Waals surface area (Å²) in [6, 6.07) is 84.5. The second-order valence-electron chi connectivity index (χ2n) is 21.6. The Morgan fingerprint density at radius 3 is 1.22 bits per heavy atom. The van der Waals surface area contributed by atoms with E-state index in [1.807, 2.05) is 121 Å². The summed E-state index contributed by atoms with van der Waals surface area (Å²) in [5, 5.41) is 10.3. The lowest BCUT2D eigenvalue weighted by atomic mass is 9.33. The van der Waals surface area contributed by atoms with Crippen molar-refractivity contribution < 1.29 is 11.0 Å². The van der Waals surface area contributed by atoms with Crippen LogP contribution in [0.3, 0.4) is 0 Å². The molecule has 16 rings (SSSR count). The fourth-order valence-corrected chi connectivity index (χ4v) is 13.1. The molecule has 2 aliphatic rings. The predicted octanol–water partition coefficient (Wildman–Crippen LogP) is 19.3. The van der Waals surface area contributed by atoms with Crippen LogP contribution in [-0.2, 0) is 0 Å². The molecule has 0 atom stereocenters. The lowest BCUT2D eigenvalue weighted by Crippen LogP contribution is -2.61. The molecule has 6 heteroatoms. The average molecular weight is 1100 g/mol. The molecule has 0 amide bonds. The van der Waals surface area contributed by atoms with E-state index in [1.54, 1.807) is 16.7 Å². The summed E-state index contributed by atoms with van der Waals surface area (Å²) in [4.78, 5) is 8.51. The van der Waals surface area contributed by atoms with Crippen molar-refractivity contribution in [3.8, 4) is 78.5 Å². The van der Waals surface area contributed by atoms with Crippen LogP contribution in [0.1, 0.15) is 16.5 Å². The minimum absolute atomic E-state index is 0.0202. The summed E-state index contributed by atoms with van der Waals surface area (Å²) in [7, 11) is 0. The minimum atomic E-state index is -0.541. The normalized spacial score (nSPS) is 13.4. The number of rotatable bonds is 9. The second kappa shape index (κ2) is 20.6. The molecule has 0 spiro atoms. The molecule has 13 aromatic carbocycles. The Morgan fingerprint density at radius 1 is 0.384 bits per heavy atom. The average Bonchev–Trinajstić information content (AvgIpc) is 1.04. The van der Waals surface area contributed by atoms with Gasteiger partial charge in [-0.15, -0.1) is 0 Å². The van der Waals surface area contributed by atoms with E-state index in [2.05, 4.69) is 142 Å². The first-order valence-electron chi connectivity index (χ1n) is 32.5. The van der Waals surface area contributed by atoms with Crippen LogP contribution in [0.4, 0.5) is 39.8 Å². The maximum atomic E-state index is 10.4. The molecule has 0 saturated carbocycles. The highest BCUT2D eigenvalue weighted by Gasteiger charge is 2.46. The number of nitrogens with zero attached hydrogens (tertiary/aromatic N) is 5. The number of nitriles is 1. The van der Waals surface area contributed by atoms with Gasteiger partial charge in [0, 0.05) is 55.8 Å². The molecular formula is C80H50BN5. The van der Waals surface area contributed by atoms with Crippen LogP contribution in [0.2, 0.25) is 0 Å². The first-order chi connectivity index (χ1) is 45.9. The van der Waals surface area contributed by atoms with Crippen LogP contribution in [0.25, 0.3) is 99.1 Å². The molecule has 0 saturated heterocycles. The molecule has 0 N–H and O–H groups in total. The van der Waals surface area contributed by atoms with Crippen LogP contribution < -0.4 is 26.2 Å². The van der Waals surface area contributed by atoms with Crippen LogP contribution in [0, 0.1) is 17.9 Å². The summed E-state index contributed by atoms with van der Waals surface area (Å²) in [6.45, 7) is 7.58. The molecule has 86 heavy (non-hydrogen) atoms. The zero-order chi connectivity index (χ0) is 64.2. The van der Waals surface area contributed by atoms with Gasteiger partial charge in [0.1, 0.15) is 0 Å². The van der Waals surface area contributed by atoms with Crippen LogP contribution in [0.15, 0.2) is 303 Å². The second-order valence-corrected chi connectivity index (χ2v) is 21.6. The van der Waals surface area contributed by atoms with Crippen molar-refractivity contribution >= 4 is 84.7 Å². The van der Waals surface area contributed by atoms with E-state index in [-0.39, 0.29) is 21.8 Å². The SMILES string of the molecule is [2H]c1c([2H])c([2H])c2c(c1[2H])c1c([2H])c([2H])c([2H])c([2H])c1n2-c1cc2c3c(c1)N(c1c(-c4ccccc4)cccc1-c1ccccc1)c1cc(-c4cccc([N+]#[C-])c4)ccc1B3c1ccc(-c3cccc(C#N)c3)cc1N2c1c(-c2ccccc2)cccc1-c1ccccc1. The third-order valence-corrected chi connectivity index (χ3v) is 16.8. The van der Waals surface area contributed by atoms with Crippen molar-refractivity contribution in [1.29, 1.82) is 5.26 Å². The van der Waals surface area contributed by atoms with Gasteiger partial charge in [0.15, 0.2) is 5.69 Å². The highest BCUT2D eigenvalue weighted by molar-refractivity contribution is 7.00. The third-order valence-electron chi connectivity index (χ3n) is 16.8. The molecule has 0 aliphatic carbocycles. The van der Waals surface area contributed by atoms with Crippen molar-refractivity contribution in [3.05, 3.63) is 320 Å². The molecule has 0 bridgehead atoms. The van der Waals surface area contributed by atoms with E-state index in [0.29, 0.717) is 28.3 Å². The number of hydrogen-bond acceptors (Lipinski definition) is 3. The van der Waals surface area contributed by atoms with Gasteiger partial charge >= 0.3 is 0 Å². The van der Waals surface area contributed by atoms with Gasteiger partial charge in [-0.2, -0.15) is 5.26 Å². The Morgan fingerprint density at radius 2 is 0.779 bits per heavy atom. The summed E-state index contributed by atoms with van der Waals surface area (Å²) in [6.07, 6.45) is 0. The van der Waals surface area contributed by atoms with E-state index in [9.17, 15) is 13.5 Å². The van der Waals surface area contributed by atoms with Gasteiger partial charge in [-0.1, -0.05) is 249 Å². The Kier molecular flexibility index (Phi) is 10.1. The van der Waals surface area contributed by atoms with Crippen LogP contribution in [-0.4, -0.2) is 11.3 Å². The Hall–Kier alpha value is -11.7. The van der Waals surface area contributed by atoms with Crippen molar-refractivity contribution in [2.45, 2.75) is 0 Å². The smallest absolute Gasteiger partial charge is 0.252 e. The monoisotopic (exact) mass is 1100 g/mol. The van der Waals surface area contributed by atoms with Crippen LogP contribution >= 0.6 is 0 Å². The van der Waals surface area contributed by atoms with Crippen molar-refractivity contribution in [2.24, 2.45) is 0 Å². The van der Waals surface area contributed by atoms with Crippen molar-refractivity contribution in [2.75, 3.05) is 9.80 Å². The maximum Gasteiger partial charge on any atom is 0.252 e. The van der Waals surface area contributed by atoms with E-state index in [1.165, 1.54) is 0 Å².